The molecule has 0 aliphatic heterocycles. The maximum absolute atomic E-state index is 2.71. The van der Waals surface area contributed by atoms with Crippen molar-refractivity contribution in [2.75, 3.05) is 0 Å². The van der Waals surface area contributed by atoms with E-state index in [2.05, 4.69) is 85.3 Å². The van der Waals surface area contributed by atoms with Crippen LogP contribution in [-0.2, 0) is 5.41 Å². The van der Waals surface area contributed by atoms with Gasteiger partial charge in [-0.25, -0.2) is 0 Å². The number of rotatable bonds is 6. The van der Waals surface area contributed by atoms with Crippen LogP contribution in [-0.4, -0.2) is 0 Å². The average Bonchev–Trinajstić information content (AvgIpc) is 3.81. The zero-order chi connectivity index (χ0) is 28.8. The summed E-state index contributed by atoms with van der Waals surface area (Å²) in [6, 6.07) is 24.8. The number of benzene rings is 2. The molecule has 0 nitrogen and oxygen atoms in total. The molecule has 0 radical (unpaired) electrons. The molecule has 6 aromatic rings. The van der Waals surface area contributed by atoms with Crippen LogP contribution in [0.15, 0.2) is 71.4 Å². The van der Waals surface area contributed by atoms with E-state index in [1.807, 2.05) is 45.3 Å². The number of hydrogen-bond donors (Lipinski definition) is 0. The zero-order valence-corrected chi connectivity index (χ0v) is 28.4. The maximum atomic E-state index is 2.71. The Balaban J connectivity index is 1.34. The first-order chi connectivity index (χ1) is 21.1. The van der Waals surface area contributed by atoms with E-state index in [0.29, 0.717) is 10.8 Å². The minimum atomic E-state index is 0.0858. The van der Waals surface area contributed by atoms with Gasteiger partial charge in [0.25, 0.3) is 0 Å². The first-order valence-corrected chi connectivity index (χ1v) is 19.7. The van der Waals surface area contributed by atoms with Gasteiger partial charge >= 0.3 is 0 Å². The molecule has 43 heavy (non-hydrogen) atoms. The van der Waals surface area contributed by atoms with Crippen LogP contribution in [0.25, 0.3) is 50.8 Å². The highest BCUT2D eigenvalue weighted by Gasteiger charge is 2.69. The SMILES string of the molecule is CCCC12CCCC(CCC)(CCC1)C21c2cc(-c3cc4sccc4s3)ccc2-c2ccc(-c3cc4sccc4s3)cc21. The van der Waals surface area contributed by atoms with Gasteiger partial charge in [-0.1, -0.05) is 63.8 Å². The summed E-state index contributed by atoms with van der Waals surface area (Å²) in [4.78, 5) is 2.87. The van der Waals surface area contributed by atoms with Gasteiger partial charge in [-0.2, -0.15) is 0 Å². The van der Waals surface area contributed by atoms with Crippen LogP contribution in [0.3, 0.4) is 0 Å². The number of hydrogen-bond acceptors (Lipinski definition) is 4. The van der Waals surface area contributed by atoms with Crippen molar-refractivity contribution in [3.63, 3.8) is 0 Å². The Bertz CT molecular complexity index is 1770. The lowest BCUT2D eigenvalue weighted by atomic mass is 9.36. The Morgan fingerprint density at radius 1 is 0.558 bits per heavy atom. The van der Waals surface area contributed by atoms with E-state index in [1.165, 1.54) is 115 Å². The zero-order valence-electron chi connectivity index (χ0n) is 25.1. The second-order valence-corrected chi connectivity index (χ2v) is 17.6. The molecular formula is C39H38S4. The highest BCUT2D eigenvalue weighted by atomic mass is 32.1. The second kappa shape index (κ2) is 9.88. The molecule has 0 saturated heterocycles. The lowest BCUT2D eigenvalue weighted by Crippen LogP contribution is -2.62. The van der Waals surface area contributed by atoms with Crippen LogP contribution in [0, 0.1) is 10.8 Å². The Morgan fingerprint density at radius 3 is 1.44 bits per heavy atom. The van der Waals surface area contributed by atoms with Crippen LogP contribution in [0.5, 0.6) is 0 Å². The topological polar surface area (TPSA) is 0 Å². The Kier molecular flexibility index (Phi) is 6.23. The third-order valence-corrected chi connectivity index (χ3v) is 15.9. The van der Waals surface area contributed by atoms with Gasteiger partial charge in [0.2, 0.25) is 0 Å². The first-order valence-electron chi connectivity index (χ1n) is 16.4. The smallest absolute Gasteiger partial charge is 0.0457 e. The van der Waals surface area contributed by atoms with Crippen molar-refractivity contribution in [2.45, 2.75) is 83.5 Å². The monoisotopic (exact) mass is 634 g/mol. The standard InChI is InChI=1S/C39H38S4/c1-3-13-37-15-5-17-38(14-4-2,18-6-16-37)39(37)29-21-25(33-23-35-31(42-33)11-19-40-35)7-9-27(29)28-10-8-26(22-30(28)39)34-24-36-32(43-34)12-20-41-36/h7-12,19-24H,3-6,13-18H2,1-2H3. The fraction of sp³-hybridized carbons (Fsp3) is 0.385. The van der Waals surface area contributed by atoms with Crippen LogP contribution < -0.4 is 0 Å². The van der Waals surface area contributed by atoms with E-state index >= 15 is 0 Å². The molecule has 2 saturated carbocycles. The van der Waals surface area contributed by atoms with Crippen LogP contribution in [0.2, 0.25) is 0 Å². The van der Waals surface area contributed by atoms with E-state index in [4.69, 9.17) is 0 Å². The predicted molar refractivity (Wildman–Crippen MR) is 192 cm³/mol. The molecule has 3 aliphatic rings. The van der Waals surface area contributed by atoms with Gasteiger partial charge in [0, 0.05) is 34.0 Å². The Labute approximate surface area is 271 Å². The molecule has 0 N–H and O–H groups in total. The maximum Gasteiger partial charge on any atom is 0.0457 e. The molecule has 4 heterocycles. The van der Waals surface area contributed by atoms with Crippen molar-refractivity contribution in [1.29, 1.82) is 0 Å². The molecule has 3 aliphatic carbocycles. The third kappa shape index (κ3) is 3.58. The quantitative estimate of drug-likeness (QED) is 0.171. The molecule has 1 spiro atoms. The van der Waals surface area contributed by atoms with Gasteiger partial charge < -0.3 is 0 Å². The summed E-state index contributed by atoms with van der Waals surface area (Å²) in [5, 5.41) is 4.47. The number of thiophene rings is 4. The summed E-state index contributed by atoms with van der Waals surface area (Å²) >= 11 is 7.71. The fourth-order valence-electron chi connectivity index (χ4n) is 10.5. The van der Waals surface area contributed by atoms with Crippen LogP contribution in [0.4, 0.5) is 0 Å². The Hall–Kier alpha value is -2.24. The summed E-state index contributed by atoms with van der Waals surface area (Å²) in [6.07, 6.45) is 13.5. The van der Waals surface area contributed by atoms with Crippen molar-refractivity contribution in [3.05, 3.63) is 82.6 Å². The molecule has 218 valence electrons. The summed E-state index contributed by atoms with van der Waals surface area (Å²) in [6.45, 7) is 4.90. The van der Waals surface area contributed by atoms with E-state index in [1.54, 1.807) is 11.1 Å². The molecule has 4 aromatic heterocycles. The van der Waals surface area contributed by atoms with Gasteiger partial charge in [0.05, 0.1) is 0 Å². The van der Waals surface area contributed by atoms with E-state index in [-0.39, 0.29) is 5.41 Å². The van der Waals surface area contributed by atoms with Crippen molar-refractivity contribution in [1.82, 2.24) is 0 Å². The fourth-order valence-corrected chi connectivity index (χ4v) is 14.7. The van der Waals surface area contributed by atoms with Crippen molar-refractivity contribution < 1.29 is 0 Å². The van der Waals surface area contributed by atoms with E-state index in [0.717, 1.165) is 0 Å². The van der Waals surface area contributed by atoms with Gasteiger partial charge in [-0.05, 0) is 130 Å². The van der Waals surface area contributed by atoms with Gasteiger partial charge in [-0.3, -0.25) is 0 Å². The minimum absolute atomic E-state index is 0.0858. The lowest BCUT2D eigenvalue weighted by Gasteiger charge is -2.67. The van der Waals surface area contributed by atoms with Crippen molar-refractivity contribution >= 4 is 64.1 Å². The van der Waals surface area contributed by atoms with Gasteiger partial charge in [0.1, 0.15) is 0 Å². The predicted octanol–water partition coefficient (Wildman–Crippen LogP) is 13.8. The van der Waals surface area contributed by atoms with Crippen molar-refractivity contribution in [2.24, 2.45) is 10.8 Å². The molecular weight excluding hydrogens is 597 g/mol. The highest BCUT2D eigenvalue weighted by molar-refractivity contribution is 7.29. The largest absolute Gasteiger partial charge is 0.143 e. The molecule has 2 bridgehead atoms. The second-order valence-electron chi connectivity index (χ2n) is 13.6. The Morgan fingerprint density at radius 2 is 1.02 bits per heavy atom. The molecule has 2 fully saturated rings. The molecule has 0 atom stereocenters. The molecule has 0 unspecified atom stereocenters. The van der Waals surface area contributed by atoms with Crippen LogP contribution in [0.1, 0.15) is 89.2 Å². The van der Waals surface area contributed by atoms with Crippen molar-refractivity contribution in [3.8, 4) is 32.0 Å². The summed E-state index contributed by atoms with van der Waals surface area (Å²) < 4.78 is 5.72. The summed E-state index contributed by atoms with van der Waals surface area (Å²) in [7, 11) is 0. The minimum Gasteiger partial charge on any atom is -0.143 e. The normalized spacial score (nSPS) is 23.8. The first kappa shape index (κ1) is 27.1. The highest BCUT2D eigenvalue weighted by Crippen LogP contribution is 2.76. The molecule has 9 rings (SSSR count). The average molecular weight is 635 g/mol. The lowest BCUT2D eigenvalue weighted by molar-refractivity contribution is -0.0949. The van der Waals surface area contributed by atoms with E-state index < -0.39 is 0 Å². The van der Waals surface area contributed by atoms with E-state index in [9.17, 15) is 0 Å². The molecule has 4 heteroatoms. The van der Waals surface area contributed by atoms with Gasteiger partial charge in [-0.15, -0.1) is 45.3 Å². The summed E-state index contributed by atoms with van der Waals surface area (Å²) in [5.41, 5.74) is 10.0. The van der Waals surface area contributed by atoms with Gasteiger partial charge in [0.15, 0.2) is 0 Å². The molecule has 0 amide bonds. The third-order valence-electron chi connectivity index (χ3n) is 11.7. The number of fused-ring (bicyclic) bond motifs is 5. The summed E-state index contributed by atoms with van der Waals surface area (Å²) in [5.74, 6) is 0. The van der Waals surface area contributed by atoms with Crippen LogP contribution >= 0.6 is 45.3 Å². The molecule has 2 aromatic carbocycles.